The number of carbonyl (C=O) groups excluding carboxylic acids is 1. The second-order valence-corrected chi connectivity index (χ2v) is 10.2. The summed E-state index contributed by atoms with van der Waals surface area (Å²) in [4.78, 5) is 15.2. The van der Waals surface area contributed by atoms with Crippen molar-refractivity contribution in [1.29, 1.82) is 0 Å². The molecule has 5 rings (SSSR count). The standard InChI is InChI=1S/C20H20N2O4S/c21-20(23)17-8-12(11-3-4-26-10-11)7-16-18(9-22-19(16)17)13-5-14-1-2-15(6-13)27(14,24)25/h3-4,7-10,13-15,22H,1-2,5-6H2,(H2,21,23). The fourth-order valence-electron chi connectivity index (χ4n) is 4.84. The van der Waals surface area contributed by atoms with Crippen LogP contribution in [0.15, 0.2) is 41.3 Å². The molecule has 0 radical (unpaired) electrons. The highest BCUT2D eigenvalue weighted by Gasteiger charge is 2.47. The van der Waals surface area contributed by atoms with Crippen LogP contribution >= 0.6 is 0 Å². The third kappa shape index (κ3) is 2.45. The Kier molecular flexibility index (Phi) is 3.53. The zero-order valence-electron chi connectivity index (χ0n) is 14.6. The number of benzene rings is 1. The molecule has 2 aliphatic rings. The van der Waals surface area contributed by atoms with Crippen LogP contribution in [0, 0.1) is 0 Å². The summed E-state index contributed by atoms with van der Waals surface area (Å²) in [5, 5.41) is 0.462. The molecule has 1 amide bonds. The first-order valence-electron chi connectivity index (χ1n) is 9.15. The highest BCUT2D eigenvalue weighted by molar-refractivity contribution is 7.93. The molecule has 3 N–H and O–H groups in total. The fraction of sp³-hybridized carbons (Fsp3) is 0.350. The quantitative estimate of drug-likeness (QED) is 0.722. The third-order valence-electron chi connectivity index (χ3n) is 6.22. The number of hydrogen-bond donors (Lipinski definition) is 2. The molecule has 0 saturated carbocycles. The maximum absolute atomic E-state index is 12.4. The molecule has 0 aliphatic carbocycles. The van der Waals surface area contributed by atoms with Crippen LogP contribution < -0.4 is 5.73 Å². The van der Waals surface area contributed by atoms with E-state index in [1.54, 1.807) is 18.6 Å². The number of amides is 1. The number of sulfone groups is 1. The molecule has 2 bridgehead atoms. The molecule has 7 heteroatoms. The SMILES string of the molecule is NC(=O)c1cc(-c2ccoc2)cc2c(C3CC4CCC(C3)S4(=O)=O)c[nH]c12. The molecule has 2 aliphatic heterocycles. The predicted molar refractivity (Wildman–Crippen MR) is 102 cm³/mol. The van der Waals surface area contributed by atoms with Gasteiger partial charge in [0.15, 0.2) is 9.84 Å². The minimum Gasteiger partial charge on any atom is -0.472 e. The molecule has 2 saturated heterocycles. The van der Waals surface area contributed by atoms with Crippen molar-refractivity contribution in [3.05, 3.63) is 48.0 Å². The summed E-state index contributed by atoms with van der Waals surface area (Å²) in [7, 11) is -2.97. The van der Waals surface area contributed by atoms with Gasteiger partial charge in [-0.05, 0) is 60.9 Å². The molecule has 4 heterocycles. The minimum atomic E-state index is -2.97. The van der Waals surface area contributed by atoms with Gasteiger partial charge in [-0.2, -0.15) is 0 Å². The fourth-order valence-corrected chi connectivity index (χ4v) is 7.32. The Labute approximate surface area is 156 Å². The van der Waals surface area contributed by atoms with Crippen LogP contribution in [-0.2, 0) is 9.84 Å². The van der Waals surface area contributed by atoms with Crippen molar-refractivity contribution in [3.8, 4) is 11.1 Å². The Balaban J connectivity index is 1.65. The Bertz CT molecular complexity index is 1120. The summed E-state index contributed by atoms with van der Waals surface area (Å²) in [6.45, 7) is 0. The van der Waals surface area contributed by atoms with Crippen molar-refractivity contribution in [1.82, 2.24) is 4.98 Å². The van der Waals surface area contributed by atoms with Crippen LogP contribution in [-0.4, -0.2) is 29.8 Å². The van der Waals surface area contributed by atoms with E-state index in [1.807, 2.05) is 18.3 Å². The van der Waals surface area contributed by atoms with E-state index in [4.69, 9.17) is 10.2 Å². The van der Waals surface area contributed by atoms with Gasteiger partial charge in [-0.25, -0.2) is 8.42 Å². The van der Waals surface area contributed by atoms with E-state index in [0.717, 1.165) is 34.9 Å². The first-order chi connectivity index (χ1) is 12.9. The first-order valence-corrected chi connectivity index (χ1v) is 10.8. The smallest absolute Gasteiger partial charge is 0.250 e. The van der Waals surface area contributed by atoms with Gasteiger partial charge in [0, 0.05) is 17.1 Å². The Morgan fingerprint density at radius 2 is 1.89 bits per heavy atom. The number of H-pyrrole nitrogens is 1. The lowest BCUT2D eigenvalue weighted by molar-refractivity contribution is 0.100. The molecule has 2 fully saturated rings. The van der Waals surface area contributed by atoms with Gasteiger partial charge in [-0.3, -0.25) is 4.79 Å². The number of aromatic nitrogens is 1. The van der Waals surface area contributed by atoms with Gasteiger partial charge in [0.25, 0.3) is 5.91 Å². The lowest BCUT2D eigenvalue weighted by Crippen LogP contribution is -2.31. The van der Waals surface area contributed by atoms with Crippen molar-refractivity contribution >= 4 is 26.6 Å². The molecular weight excluding hydrogens is 364 g/mol. The highest BCUT2D eigenvalue weighted by atomic mass is 32.2. The summed E-state index contributed by atoms with van der Waals surface area (Å²) < 4.78 is 30.0. The van der Waals surface area contributed by atoms with E-state index < -0.39 is 15.7 Å². The van der Waals surface area contributed by atoms with Crippen molar-refractivity contribution in [2.45, 2.75) is 42.1 Å². The molecule has 1 aromatic carbocycles. The van der Waals surface area contributed by atoms with Crippen molar-refractivity contribution in [2.75, 3.05) is 0 Å². The monoisotopic (exact) mass is 384 g/mol. The summed E-state index contributed by atoms with van der Waals surface area (Å²) in [6.07, 6.45) is 7.95. The summed E-state index contributed by atoms with van der Waals surface area (Å²) in [6, 6.07) is 5.64. The number of hydrogen-bond acceptors (Lipinski definition) is 4. The molecule has 2 unspecified atom stereocenters. The zero-order chi connectivity index (χ0) is 18.8. The van der Waals surface area contributed by atoms with Crippen LogP contribution in [0.2, 0.25) is 0 Å². The molecule has 27 heavy (non-hydrogen) atoms. The highest BCUT2D eigenvalue weighted by Crippen LogP contribution is 2.47. The topological polar surface area (TPSA) is 106 Å². The lowest BCUT2D eigenvalue weighted by atomic mass is 9.89. The number of nitrogens with one attached hydrogen (secondary N) is 1. The Morgan fingerprint density at radius 3 is 2.52 bits per heavy atom. The molecule has 140 valence electrons. The van der Waals surface area contributed by atoms with Gasteiger partial charge in [0.05, 0.1) is 34.1 Å². The summed E-state index contributed by atoms with van der Waals surface area (Å²) in [5.41, 5.74) is 9.57. The van der Waals surface area contributed by atoms with Crippen LogP contribution in [0.4, 0.5) is 0 Å². The van der Waals surface area contributed by atoms with E-state index in [9.17, 15) is 13.2 Å². The van der Waals surface area contributed by atoms with E-state index in [-0.39, 0.29) is 16.4 Å². The zero-order valence-corrected chi connectivity index (χ0v) is 15.5. The predicted octanol–water partition coefficient (Wildman–Crippen LogP) is 3.35. The second-order valence-electron chi connectivity index (χ2n) is 7.65. The van der Waals surface area contributed by atoms with E-state index in [2.05, 4.69) is 4.98 Å². The maximum atomic E-state index is 12.4. The van der Waals surface area contributed by atoms with Crippen molar-refractivity contribution in [2.24, 2.45) is 5.73 Å². The molecule has 2 aromatic heterocycles. The van der Waals surface area contributed by atoms with Crippen LogP contribution in [0.5, 0.6) is 0 Å². The molecule has 3 aromatic rings. The van der Waals surface area contributed by atoms with Gasteiger partial charge in [0.1, 0.15) is 0 Å². The Morgan fingerprint density at radius 1 is 1.15 bits per heavy atom. The van der Waals surface area contributed by atoms with E-state index >= 15 is 0 Å². The van der Waals surface area contributed by atoms with Crippen LogP contribution in [0.3, 0.4) is 0 Å². The van der Waals surface area contributed by atoms with Crippen molar-refractivity contribution < 1.29 is 17.6 Å². The van der Waals surface area contributed by atoms with Gasteiger partial charge >= 0.3 is 0 Å². The van der Waals surface area contributed by atoms with E-state index in [1.165, 1.54) is 0 Å². The largest absolute Gasteiger partial charge is 0.472 e. The van der Waals surface area contributed by atoms with E-state index in [0.29, 0.717) is 23.9 Å². The number of rotatable bonds is 3. The molecule has 6 nitrogen and oxygen atoms in total. The molecule has 2 atom stereocenters. The van der Waals surface area contributed by atoms with Gasteiger partial charge in [-0.1, -0.05) is 0 Å². The average Bonchev–Trinajstić information content (AvgIpc) is 3.31. The molecule has 0 spiro atoms. The molecular formula is C20H20N2O4S. The Hall–Kier alpha value is -2.54. The normalized spacial score (nSPS) is 26.4. The van der Waals surface area contributed by atoms with Crippen molar-refractivity contribution in [3.63, 3.8) is 0 Å². The summed E-state index contributed by atoms with van der Waals surface area (Å²) in [5.74, 6) is -0.329. The third-order valence-corrected chi connectivity index (χ3v) is 8.93. The number of furan rings is 1. The van der Waals surface area contributed by atoms with Crippen LogP contribution in [0.1, 0.15) is 47.5 Å². The average molecular weight is 384 g/mol. The van der Waals surface area contributed by atoms with Crippen LogP contribution in [0.25, 0.3) is 22.0 Å². The van der Waals surface area contributed by atoms with Gasteiger partial charge in [0.2, 0.25) is 0 Å². The van der Waals surface area contributed by atoms with Gasteiger partial charge < -0.3 is 15.1 Å². The second kappa shape index (κ2) is 5.73. The number of primary amides is 1. The minimum absolute atomic E-state index is 0.167. The maximum Gasteiger partial charge on any atom is 0.250 e. The number of fused-ring (bicyclic) bond motifs is 3. The van der Waals surface area contributed by atoms with Gasteiger partial charge in [-0.15, -0.1) is 0 Å². The lowest BCUT2D eigenvalue weighted by Gasteiger charge is -2.27. The number of carbonyl (C=O) groups is 1. The first kappa shape index (κ1) is 16.6. The summed E-state index contributed by atoms with van der Waals surface area (Å²) >= 11 is 0. The number of aromatic amines is 1. The number of nitrogens with two attached hydrogens (primary N) is 1.